The molecule has 1 N–H and O–H groups in total. The fourth-order valence-corrected chi connectivity index (χ4v) is 7.22. The number of aliphatic hydroxyl groups excluding tert-OH is 1. The Bertz CT molecular complexity index is 1930. The first kappa shape index (κ1) is 36.6. The van der Waals surface area contributed by atoms with Crippen LogP contribution >= 0.6 is 11.8 Å². The molecule has 270 valence electrons. The molecule has 2 atom stereocenters. The number of aromatic nitrogens is 2. The van der Waals surface area contributed by atoms with E-state index in [1.165, 1.54) is 26.0 Å². The molecule has 1 saturated heterocycles. The third kappa shape index (κ3) is 6.91. The lowest BCUT2D eigenvalue weighted by Crippen LogP contribution is -2.54. The molecule has 8 nitrogen and oxygen atoms in total. The number of alkyl halides is 6. The molecular weight excluding hydrogens is 700 g/mol. The largest absolute Gasteiger partial charge is 0.496 e. The number of thioether (sulfide) groups is 1. The maximum Gasteiger partial charge on any atom is 0.416 e. The molecule has 1 spiro atoms. The summed E-state index contributed by atoms with van der Waals surface area (Å²) in [7, 11) is 2.81. The molecule has 3 aromatic carbocycles. The zero-order valence-corrected chi connectivity index (χ0v) is 28.7. The number of carbonyl (C=O) groups is 1. The number of hydrogen-bond donors (Lipinski definition) is 1. The number of nitrogens with zero attached hydrogens (tertiary/aromatic N) is 3. The maximum atomic E-state index is 13.8. The number of aryl methyl sites for hydroxylation is 1. The van der Waals surface area contributed by atoms with Crippen LogP contribution in [0.4, 0.5) is 26.3 Å². The van der Waals surface area contributed by atoms with Crippen LogP contribution in [-0.4, -0.2) is 58.4 Å². The molecule has 1 saturated carbocycles. The van der Waals surface area contributed by atoms with E-state index < -0.39 is 47.5 Å². The molecule has 1 aliphatic heterocycles. The second-order valence-electron chi connectivity index (χ2n) is 12.4. The van der Waals surface area contributed by atoms with Gasteiger partial charge in [-0.15, -0.1) is 0 Å². The van der Waals surface area contributed by atoms with Crippen LogP contribution in [0.1, 0.15) is 63.7 Å². The van der Waals surface area contributed by atoms with Gasteiger partial charge in [0.1, 0.15) is 11.9 Å². The van der Waals surface area contributed by atoms with Gasteiger partial charge >= 0.3 is 18.3 Å². The minimum Gasteiger partial charge on any atom is -0.496 e. The summed E-state index contributed by atoms with van der Waals surface area (Å²) in [6.45, 7) is 1.78. The average Bonchev–Trinajstić information content (AvgIpc) is 3.38. The van der Waals surface area contributed by atoms with Gasteiger partial charge in [0.2, 0.25) is 6.41 Å². The third-order valence-corrected chi connectivity index (χ3v) is 10.1. The van der Waals surface area contributed by atoms with Crippen molar-refractivity contribution in [1.29, 1.82) is 0 Å². The maximum absolute atomic E-state index is 13.8. The summed E-state index contributed by atoms with van der Waals surface area (Å²) in [6, 6.07) is 12.1. The Kier molecular flexibility index (Phi) is 9.87. The van der Waals surface area contributed by atoms with Gasteiger partial charge in [-0.3, -0.25) is 0 Å². The van der Waals surface area contributed by atoms with E-state index in [0.717, 1.165) is 16.7 Å². The van der Waals surface area contributed by atoms with E-state index >= 15 is 0 Å². The molecule has 1 aliphatic carbocycles. The zero-order valence-electron chi connectivity index (χ0n) is 27.9. The van der Waals surface area contributed by atoms with E-state index in [2.05, 4.69) is 4.98 Å². The number of ether oxygens (including phenoxy) is 3. The highest BCUT2D eigenvalue weighted by molar-refractivity contribution is 7.98. The fraction of sp³-hybridized carbons (Fsp3) is 0.361. The van der Waals surface area contributed by atoms with Gasteiger partial charge in [-0.05, 0) is 97.2 Å². The van der Waals surface area contributed by atoms with Gasteiger partial charge < -0.3 is 19.3 Å². The highest BCUT2D eigenvalue weighted by Gasteiger charge is 2.58. The van der Waals surface area contributed by atoms with E-state index in [-0.39, 0.29) is 18.2 Å². The summed E-state index contributed by atoms with van der Waals surface area (Å²) in [5, 5.41) is 11.7. The Balaban J connectivity index is 1.42. The number of benzene rings is 3. The smallest absolute Gasteiger partial charge is 0.416 e. The highest BCUT2D eigenvalue weighted by atomic mass is 32.2. The predicted octanol–water partition coefficient (Wildman–Crippen LogP) is 8.45. The molecule has 15 heteroatoms. The van der Waals surface area contributed by atoms with Crippen molar-refractivity contribution in [2.75, 3.05) is 20.5 Å². The normalized spacial score (nSPS) is 18.9. The molecule has 51 heavy (non-hydrogen) atoms. The van der Waals surface area contributed by atoms with Gasteiger partial charge in [-0.25, -0.2) is 19.7 Å². The minimum absolute atomic E-state index is 0.0750. The lowest BCUT2D eigenvalue weighted by molar-refractivity contribution is -0.158. The van der Waals surface area contributed by atoms with Crippen LogP contribution in [0.25, 0.3) is 22.3 Å². The summed E-state index contributed by atoms with van der Waals surface area (Å²) in [4.78, 5) is 22.9. The van der Waals surface area contributed by atoms with Crippen LogP contribution in [0, 0.1) is 6.92 Å². The zero-order chi connectivity index (χ0) is 36.9. The highest BCUT2D eigenvalue weighted by Crippen LogP contribution is 2.55. The van der Waals surface area contributed by atoms with Crippen molar-refractivity contribution in [1.82, 2.24) is 14.9 Å². The van der Waals surface area contributed by atoms with E-state index in [9.17, 15) is 36.2 Å². The second-order valence-corrected chi connectivity index (χ2v) is 13.2. The first-order valence-electron chi connectivity index (χ1n) is 15.8. The van der Waals surface area contributed by atoms with Crippen LogP contribution in [0.5, 0.6) is 5.75 Å². The number of halogens is 6. The lowest BCUT2D eigenvalue weighted by atomic mass is 9.70. The number of hydrogen-bond acceptors (Lipinski definition) is 9. The monoisotopic (exact) mass is 733 g/mol. The van der Waals surface area contributed by atoms with E-state index in [1.54, 1.807) is 41.6 Å². The van der Waals surface area contributed by atoms with Crippen LogP contribution < -0.4 is 4.74 Å². The minimum atomic E-state index is -5.04. The van der Waals surface area contributed by atoms with E-state index in [1.807, 2.05) is 19.1 Å². The molecule has 1 aromatic heterocycles. The topological polar surface area (TPSA) is 94.0 Å². The van der Waals surface area contributed by atoms with Gasteiger partial charge in [-0.2, -0.15) is 26.3 Å². The standard InChI is InChI=1S/C36H33F6N3O5S/c1-19-12-21(31(46)49-3)6-8-25(19)20-7-9-29(48-2)26(15-20)27-17-43-32(51-4)44-28(27)18-45-33(47)50-30(34(45)10-5-11-34)22-13-23(35(37,38)39)16-24(14-22)36(40,41)42/h6-9,12-17,30,33,47H,5,10-11,18H2,1-4H3/t30-,33?/m0/s1. The molecule has 1 unspecified atom stereocenters. The summed E-state index contributed by atoms with van der Waals surface area (Å²) in [5.74, 6) is 0.00609. The van der Waals surface area contributed by atoms with Crippen molar-refractivity contribution in [3.05, 3.63) is 94.3 Å². The molecule has 2 fully saturated rings. The van der Waals surface area contributed by atoms with E-state index in [0.29, 0.717) is 64.7 Å². The van der Waals surface area contributed by atoms with Gasteiger partial charge in [0, 0.05) is 23.9 Å². The number of carbonyl (C=O) groups excluding carboxylic acids is 1. The molecule has 4 aromatic rings. The van der Waals surface area contributed by atoms with Crippen molar-refractivity contribution in [2.24, 2.45) is 0 Å². The first-order chi connectivity index (χ1) is 24.1. The molecule has 2 aliphatic rings. The fourth-order valence-electron chi connectivity index (χ4n) is 6.86. The molecule has 0 amide bonds. The summed E-state index contributed by atoms with van der Waals surface area (Å²) < 4.78 is 99.2. The molecule has 0 radical (unpaired) electrons. The summed E-state index contributed by atoms with van der Waals surface area (Å²) >= 11 is 1.27. The summed E-state index contributed by atoms with van der Waals surface area (Å²) in [6.07, 6.45) is -8.33. The Morgan fingerprint density at radius 2 is 1.67 bits per heavy atom. The molecular formula is C36H33F6N3O5S. The van der Waals surface area contributed by atoms with Crippen molar-refractivity contribution >= 4 is 17.7 Å². The Hall–Kier alpha value is -4.18. The third-order valence-electron chi connectivity index (χ3n) is 9.51. The van der Waals surface area contributed by atoms with Gasteiger partial charge in [0.25, 0.3) is 0 Å². The molecule has 0 bridgehead atoms. The lowest BCUT2D eigenvalue weighted by Gasteiger charge is -2.48. The number of aliphatic hydroxyl groups is 1. The van der Waals surface area contributed by atoms with Crippen LogP contribution in [0.2, 0.25) is 0 Å². The van der Waals surface area contributed by atoms with Gasteiger partial charge in [0.05, 0.1) is 42.1 Å². The number of esters is 1. The quantitative estimate of drug-likeness (QED) is 0.0829. The SMILES string of the molecule is COC(=O)c1ccc(-c2ccc(OC)c(-c3cnc(SC)nc3CN3C(O)O[C@@H](c4cc(C(F)(F)F)cc(C(F)(F)F)c4)C34CCC4)c2)c(C)c1. The van der Waals surface area contributed by atoms with Crippen LogP contribution in [0.15, 0.2) is 66.0 Å². The average molecular weight is 734 g/mol. The second kappa shape index (κ2) is 13.7. The van der Waals surface area contributed by atoms with E-state index in [4.69, 9.17) is 19.2 Å². The van der Waals surface area contributed by atoms with Crippen molar-refractivity contribution < 1.29 is 50.5 Å². The Labute approximate surface area is 293 Å². The number of rotatable bonds is 8. The van der Waals surface area contributed by atoms with Crippen molar-refractivity contribution in [3.63, 3.8) is 0 Å². The van der Waals surface area contributed by atoms with Crippen LogP contribution in [-0.2, 0) is 28.4 Å². The van der Waals surface area contributed by atoms with Gasteiger partial charge in [-0.1, -0.05) is 23.9 Å². The summed E-state index contributed by atoms with van der Waals surface area (Å²) in [5.41, 5.74) is 0.0103. The van der Waals surface area contributed by atoms with Gasteiger partial charge in [0.15, 0.2) is 5.16 Å². The predicted molar refractivity (Wildman–Crippen MR) is 176 cm³/mol. The number of methoxy groups -OCH3 is 2. The Morgan fingerprint density at radius 1 is 0.980 bits per heavy atom. The van der Waals surface area contributed by atoms with Crippen LogP contribution in [0.3, 0.4) is 0 Å². The molecule has 2 heterocycles. The first-order valence-corrected chi connectivity index (χ1v) is 17.0. The van der Waals surface area contributed by atoms with Crippen molar-refractivity contribution in [3.8, 4) is 28.0 Å². The van der Waals surface area contributed by atoms with Crippen molar-refractivity contribution in [2.45, 2.75) is 68.3 Å². The Morgan fingerprint density at radius 3 is 2.22 bits per heavy atom. The molecule has 6 rings (SSSR count).